The highest BCUT2D eigenvalue weighted by Crippen LogP contribution is 2.29. The fraction of sp³-hybridized carbons (Fsp3) is 0.500. The van der Waals surface area contributed by atoms with Crippen LogP contribution in [0.5, 0.6) is 0 Å². The molecule has 1 rings (SSSR count). The number of anilines is 1. The number of nitrogens with one attached hydrogen (secondary N) is 1. The van der Waals surface area contributed by atoms with Crippen molar-refractivity contribution in [3.8, 4) is 0 Å². The van der Waals surface area contributed by atoms with Crippen molar-refractivity contribution in [2.45, 2.75) is 38.5 Å². The molecule has 0 bridgehead atoms. The first-order valence-corrected chi connectivity index (χ1v) is 5.74. The summed E-state index contributed by atoms with van der Waals surface area (Å²) in [5.74, 6) is -0.742. The van der Waals surface area contributed by atoms with Crippen LogP contribution in [0.4, 0.5) is 18.9 Å². The first-order chi connectivity index (χ1) is 8.66. The lowest BCUT2D eigenvalue weighted by molar-refractivity contribution is -0.141. The highest BCUT2D eigenvalue weighted by atomic mass is 19.4. The highest BCUT2D eigenvalue weighted by Gasteiger charge is 2.33. The summed E-state index contributed by atoms with van der Waals surface area (Å²) in [6.45, 7) is 3.10. The van der Waals surface area contributed by atoms with E-state index < -0.39 is 23.4 Å². The van der Waals surface area contributed by atoms with Crippen LogP contribution in [0, 0.1) is 0 Å². The maximum Gasteiger partial charge on any atom is 0.433 e. The Morgan fingerprint density at radius 2 is 2.11 bits per heavy atom. The number of aromatic nitrogens is 1. The lowest BCUT2D eigenvalue weighted by Gasteiger charge is -2.21. The van der Waals surface area contributed by atoms with Crippen molar-refractivity contribution in [1.82, 2.24) is 4.98 Å². The molecule has 0 fully saturated rings. The minimum Gasteiger partial charge on any atom is -0.380 e. The van der Waals surface area contributed by atoms with Gasteiger partial charge in [0.05, 0.1) is 0 Å². The minimum atomic E-state index is -4.58. The van der Waals surface area contributed by atoms with Crippen LogP contribution in [0.3, 0.4) is 0 Å². The van der Waals surface area contributed by atoms with E-state index in [2.05, 4.69) is 10.3 Å². The van der Waals surface area contributed by atoms with Crippen molar-refractivity contribution in [2.75, 3.05) is 5.32 Å². The number of hydrogen-bond acceptors (Lipinski definition) is 3. The lowest BCUT2D eigenvalue weighted by atomic mass is 10.00. The van der Waals surface area contributed by atoms with Gasteiger partial charge in [0, 0.05) is 11.9 Å². The minimum absolute atomic E-state index is 0.0521. The van der Waals surface area contributed by atoms with Gasteiger partial charge in [0.15, 0.2) is 0 Å². The third-order valence-electron chi connectivity index (χ3n) is 2.53. The number of hydrogen-bond donors (Lipinski definition) is 2. The third-order valence-corrected chi connectivity index (χ3v) is 2.53. The second-order valence-electron chi connectivity index (χ2n) is 4.41. The molecular weight excluding hydrogens is 261 g/mol. The van der Waals surface area contributed by atoms with Gasteiger partial charge in [0.25, 0.3) is 5.91 Å². The van der Waals surface area contributed by atoms with Crippen LogP contribution in [0.25, 0.3) is 0 Å². The van der Waals surface area contributed by atoms with Crippen LogP contribution in [0.15, 0.2) is 18.3 Å². The standard InChI is InChI=1S/C12H15F3N2O2/c1-3-5-11(2,19)10(18)17-8-4-6-16-9(7-8)12(13,14)15/h4,6-7,19H,3,5H2,1-2H3,(H,16,17,18). The molecule has 0 spiro atoms. The Hall–Kier alpha value is -1.63. The maximum absolute atomic E-state index is 12.4. The molecule has 1 unspecified atom stereocenters. The number of pyridine rings is 1. The number of alkyl halides is 3. The van der Waals surface area contributed by atoms with Crippen molar-refractivity contribution in [2.24, 2.45) is 0 Å². The van der Waals surface area contributed by atoms with Gasteiger partial charge < -0.3 is 10.4 Å². The predicted octanol–water partition coefficient (Wildman–Crippen LogP) is 2.59. The number of carbonyl (C=O) groups excluding carboxylic acids is 1. The Morgan fingerprint density at radius 3 is 2.63 bits per heavy atom. The Kier molecular flexibility index (Phi) is 4.52. The molecule has 0 saturated carbocycles. The average molecular weight is 276 g/mol. The van der Waals surface area contributed by atoms with Crippen molar-refractivity contribution in [1.29, 1.82) is 0 Å². The molecule has 7 heteroatoms. The van der Waals surface area contributed by atoms with Crippen LogP contribution < -0.4 is 5.32 Å². The Balaban J connectivity index is 2.86. The second-order valence-corrected chi connectivity index (χ2v) is 4.41. The lowest BCUT2D eigenvalue weighted by Crippen LogP contribution is -2.39. The first-order valence-electron chi connectivity index (χ1n) is 5.74. The van der Waals surface area contributed by atoms with E-state index in [4.69, 9.17) is 0 Å². The van der Waals surface area contributed by atoms with Crippen molar-refractivity contribution in [3.63, 3.8) is 0 Å². The fourth-order valence-electron chi connectivity index (χ4n) is 1.53. The number of carbonyl (C=O) groups is 1. The summed E-state index contributed by atoms with van der Waals surface area (Å²) in [4.78, 5) is 14.9. The largest absolute Gasteiger partial charge is 0.433 e. The molecule has 1 aromatic heterocycles. The van der Waals surface area contributed by atoms with Crippen LogP contribution in [-0.4, -0.2) is 21.6 Å². The van der Waals surface area contributed by atoms with Crippen molar-refractivity contribution in [3.05, 3.63) is 24.0 Å². The number of aliphatic hydroxyl groups is 1. The monoisotopic (exact) mass is 276 g/mol. The van der Waals surface area contributed by atoms with Gasteiger partial charge in [0.2, 0.25) is 0 Å². The zero-order chi connectivity index (χ0) is 14.7. The summed E-state index contributed by atoms with van der Waals surface area (Å²) in [6, 6.07) is 1.95. The van der Waals surface area contributed by atoms with E-state index in [1.54, 1.807) is 6.92 Å². The summed E-state index contributed by atoms with van der Waals surface area (Å²) in [5, 5.41) is 12.1. The molecule has 1 atom stereocenters. The van der Waals surface area contributed by atoms with Gasteiger partial charge in [-0.05, 0) is 25.5 Å². The van der Waals surface area contributed by atoms with E-state index in [1.165, 1.54) is 13.0 Å². The predicted molar refractivity (Wildman–Crippen MR) is 63.4 cm³/mol. The highest BCUT2D eigenvalue weighted by molar-refractivity contribution is 5.96. The fourth-order valence-corrected chi connectivity index (χ4v) is 1.53. The molecule has 0 saturated heterocycles. The summed E-state index contributed by atoms with van der Waals surface area (Å²) in [6.07, 6.45) is -2.83. The maximum atomic E-state index is 12.4. The zero-order valence-electron chi connectivity index (χ0n) is 10.6. The molecule has 0 aliphatic carbocycles. The Morgan fingerprint density at radius 1 is 1.47 bits per heavy atom. The van der Waals surface area contributed by atoms with Crippen molar-refractivity contribution < 1.29 is 23.1 Å². The van der Waals surface area contributed by atoms with E-state index >= 15 is 0 Å². The second kappa shape index (κ2) is 5.56. The molecule has 4 nitrogen and oxygen atoms in total. The van der Waals surface area contributed by atoms with Gasteiger partial charge in [0.1, 0.15) is 11.3 Å². The summed E-state index contributed by atoms with van der Waals surface area (Å²) < 4.78 is 37.3. The van der Waals surface area contributed by atoms with E-state index in [-0.39, 0.29) is 12.1 Å². The smallest absolute Gasteiger partial charge is 0.380 e. The van der Waals surface area contributed by atoms with E-state index in [0.717, 1.165) is 12.3 Å². The molecule has 1 aromatic rings. The van der Waals surface area contributed by atoms with Crippen molar-refractivity contribution >= 4 is 11.6 Å². The molecule has 1 heterocycles. The molecule has 106 valence electrons. The SMILES string of the molecule is CCCC(C)(O)C(=O)Nc1ccnc(C(F)(F)F)c1. The van der Waals surface area contributed by atoms with Gasteiger partial charge in [-0.25, -0.2) is 0 Å². The van der Waals surface area contributed by atoms with E-state index in [9.17, 15) is 23.1 Å². The number of rotatable bonds is 4. The molecule has 0 aliphatic rings. The average Bonchev–Trinajstić information content (AvgIpc) is 2.28. The number of halogens is 3. The van der Waals surface area contributed by atoms with E-state index in [1.807, 2.05) is 0 Å². The third kappa shape index (κ3) is 4.20. The van der Waals surface area contributed by atoms with E-state index in [0.29, 0.717) is 6.42 Å². The van der Waals surface area contributed by atoms with Gasteiger partial charge in [-0.3, -0.25) is 9.78 Å². The molecule has 2 N–H and O–H groups in total. The van der Waals surface area contributed by atoms with Crippen LogP contribution >= 0.6 is 0 Å². The summed E-state index contributed by atoms with van der Waals surface area (Å²) in [7, 11) is 0. The van der Waals surface area contributed by atoms with Gasteiger partial charge in [-0.1, -0.05) is 13.3 Å². The summed E-state index contributed by atoms with van der Waals surface area (Å²) >= 11 is 0. The summed E-state index contributed by atoms with van der Waals surface area (Å²) in [5.41, 5.74) is -2.76. The molecular formula is C12H15F3N2O2. The molecule has 0 radical (unpaired) electrons. The quantitative estimate of drug-likeness (QED) is 0.888. The van der Waals surface area contributed by atoms with Crippen LogP contribution in [-0.2, 0) is 11.0 Å². The van der Waals surface area contributed by atoms with Gasteiger partial charge in [-0.2, -0.15) is 13.2 Å². The molecule has 0 aliphatic heterocycles. The number of amides is 1. The Bertz CT molecular complexity index is 459. The van der Waals surface area contributed by atoms with Gasteiger partial charge in [-0.15, -0.1) is 0 Å². The van der Waals surface area contributed by atoms with Gasteiger partial charge >= 0.3 is 6.18 Å². The first kappa shape index (κ1) is 15.4. The normalized spacial score (nSPS) is 14.8. The van der Waals surface area contributed by atoms with Crippen LogP contribution in [0.2, 0.25) is 0 Å². The Labute approximate surface area is 108 Å². The number of nitrogens with zero attached hydrogens (tertiary/aromatic N) is 1. The molecule has 1 amide bonds. The molecule has 19 heavy (non-hydrogen) atoms. The topological polar surface area (TPSA) is 62.2 Å². The molecule has 0 aromatic carbocycles. The zero-order valence-corrected chi connectivity index (χ0v) is 10.6. The van der Waals surface area contributed by atoms with Crippen LogP contribution in [0.1, 0.15) is 32.4 Å².